The number of piperidine rings is 1. The predicted molar refractivity (Wildman–Crippen MR) is 115 cm³/mol. The number of fused-ring (bicyclic) bond motifs is 1. The van der Waals surface area contributed by atoms with E-state index in [1.54, 1.807) is 17.7 Å². The van der Waals surface area contributed by atoms with Gasteiger partial charge in [-0.05, 0) is 43.0 Å². The average molecular weight is 415 g/mol. The molecule has 3 aromatic rings. The zero-order valence-electron chi connectivity index (χ0n) is 15.8. The van der Waals surface area contributed by atoms with Crippen molar-refractivity contribution < 1.29 is 4.79 Å². The Labute approximate surface area is 173 Å². The van der Waals surface area contributed by atoms with E-state index < -0.39 is 0 Å². The van der Waals surface area contributed by atoms with Gasteiger partial charge in [-0.25, -0.2) is 9.97 Å². The summed E-state index contributed by atoms with van der Waals surface area (Å²) in [6, 6.07) is 9.80. The number of amides is 1. The number of carbonyl (C=O) groups excluding carboxylic acids is 1. The van der Waals surface area contributed by atoms with Crippen molar-refractivity contribution in [3.8, 4) is 0 Å². The summed E-state index contributed by atoms with van der Waals surface area (Å²) in [7, 11) is 0. The predicted octanol–water partition coefficient (Wildman–Crippen LogP) is 4.44. The molecule has 1 aliphatic heterocycles. The summed E-state index contributed by atoms with van der Waals surface area (Å²) < 4.78 is 0. The molecule has 7 heteroatoms. The smallest absolute Gasteiger partial charge is 0.223 e. The Kier molecular flexibility index (Phi) is 5.78. The molecule has 28 heavy (non-hydrogen) atoms. The van der Waals surface area contributed by atoms with Gasteiger partial charge in [0.15, 0.2) is 0 Å². The van der Waals surface area contributed by atoms with Gasteiger partial charge in [0.1, 0.15) is 17.0 Å². The molecule has 4 rings (SSSR count). The number of nitrogens with zero attached hydrogens (tertiary/aromatic N) is 3. The van der Waals surface area contributed by atoms with Crippen LogP contribution in [0.2, 0.25) is 5.02 Å². The van der Waals surface area contributed by atoms with Crippen LogP contribution in [0.4, 0.5) is 5.82 Å². The molecule has 1 fully saturated rings. The van der Waals surface area contributed by atoms with Crippen molar-refractivity contribution in [1.29, 1.82) is 0 Å². The first-order valence-corrected chi connectivity index (χ1v) is 10.8. The summed E-state index contributed by atoms with van der Waals surface area (Å²) >= 11 is 7.74. The molecule has 0 spiro atoms. The van der Waals surface area contributed by atoms with Crippen molar-refractivity contribution in [3.63, 3.8) is 0 Å². The van der Waals surface area contributed by atoms with Gasteiger partial charge in [0, 0.05) is 35.5 Å². The quantitative estimate of drug-likeness (QED) is 0.670. The van der Waals surface area contributed by atoms with Crippen LogP contribution < -0.4 is 10.2 Å². The Balaban J connectivity index is 1.37. The summed E-state index contributed by atoms with van der Waals surface area (Å²) in [5, 5.41) is 4.87. The minimum Gasteiger partial charge on any atom is -0.356 e. The molecule has 5 nitrogen and oxygen atoms in total. The van der Waals surface area contributed by atoms with Gasteiger partial charge in [-0.3, -0.25) is 4.79 Å². The molecule has 146 valence electrons. The zero-order chi connectivity index (χ0) is 19.5. The van der Waals surface area contributed by atoms with Crippen LogP contribution in [-0.4, -0.2) is 29.0 Å². The number of aromatic nitrogens is 2. The van der Waals surface area contributed by atoms with Gasteiger partial charge in [0.2, 0.25) is 5.91 Å². The van der Waals surface area contributed by atoms with E-state index in [0.29, 0.717) is 11.6 Å². The second-order valence-corrected chi connectivity index (χ2v) is 8.64. The monoisotopic (exact) mass is 414 g/mol. The lowest BCUT2D eigenvalue weighted by Gasteiger charge is -2.32. The Morgan fingerprint density at radius 1 is 1.29 bits per heavy atom. The second kappa shape index (κ2) is 8.45. The highest BCUT2D eigenvalue weighted by Gasteiger charge is 2.26. The highest BCUT2D eigenvalue weighted by Crippen LogP contribution is 2.32. The topological polar surface area (TPSA) is 58.1 Å². The number of halogens is 1. The first-order chi connectivity index (χ1) is 13.6. The van der Waals surface area contributed by atoms with E-state index in [1.165, 1.54) is 4.88 Å². The maximum atomic E-state index is 12.6. The standard InChI is InChI=1S/C21H23ClN4OS/c1-2-17-11-18-19(24-13-25-21(18)28-17)26-8-6-15(7-9-26)20(27)23-12-14-4-3-5-16(22)10-14/h3-5,10-11,13,15H,2,6-9,12H2,1H3,(H,23,27). The van der Waals surface area contributed by atoms with Crippen LogP contribution in [-0.2, 0) is 17.8 Å². The molecule has 0 atom stereocenters. The van der Waals surface area contributed by atoms with Crippen LogP contribution in [0.15, 0.2) is 36.7 Å². The summed E-state index contributed by atoms with van der Waals surface area (Å²) in [6.07, 6.45) is 4.32. The normalized spacial score (nSPS) is 15.1. The molecule has 0 bridgehead atoms. The summed E-state index contributed by atoms with van der Waals surface area (Å²) in [4.78, 5) is 26.2. The molecular weight excluding hydrogens is 392 g/mol. The third-order valence-corrected chi connectivity index (χ3v) is 6.65. The summed E-state index contributed by atoms with van der Waals surface area (Å²) in [6.45, 7) is 4.34. The van der Waals surface area contributed by atoms with E-state index in [4.69, 9.17) is 11.6 Å². The molecule has 0 unspecified atom stereocenters. The van der Waals surface area contributed by atoms with Gasteiger partial charge in [-0.2, -0.15) is 0 Å². The number of carbonyl (C=O) groups is 1. The largest absolute Gasteiger partial charge is 0.356 e. The fourth-order valence-corrected chi connectivity index (χ4v) is 4.80. The number of hydrogen-bond donors (Lipinski definition) is 1. The number of thiophene rings is 1. The highest BCUT2D eigenvalue weighted by atomic mass is 35.5. The van der Waals surface area contributed by atoms with Crippen molar-refractivity contribution in [2.24, 2.45) is 5.92 Å². The fourth-order valence-electron chi connectivity index (χ4n) is 3.65. The molecule has 2 aromatic heterocycles. The molecule has 0 saturated carbocycles. The van der Waals surface area contributed by atoms with Crippen LogP contribution in [0.1, 0.15) is 30.2 Å². The lowest BCUT2D eigenvalue weighted by molar-refractivity contribution is -0.125. The maximum Gasteiger partial charge on any atom is 0.223 e. The Morgan fingerprint density at radius 3 is 2.86 bits per heavy atom. The third-order valence-electron chi connectivity index (χ3n) is 5.23. The summed E-state index contributed by atoms with van der Waals surface area (Å²) in [5.41, 5.74) is 1.02. The SMILES string of the molecule is CCc1cc2c(N3CCC(C(=O)NCc4cccc(Cl)c4)CC3)ncnc2s1. The number of benzene rings is 1. The molecule has 3 heterocycles. The van der Waals surface area contributed by atoms with E-state index in [9.17, 15) is 4.79 Å². The Hall–Kier alpha value is -2.18. The van der Waals surface area contributed by atoms with Gasteiger partial charge in [0.05, 0.1) is 5.39 Å². The number of rotatable bonds is 5. The lowest BCUT2D eigenvalue weighted by Crippen LogP contribution is -2.40. The van der Waals surface area contributed by atoms with E-state index in [0.717, 1.165) is 53.9 Å². The van der Waals surface area contributed by atoms with Crippen molar-refractivity contribution in [2.45, 2.75) is 32.7 Å². The third kappa shape index (κ3) is 4.13. The maximum absolute atomic E-state index is 12.6. The molecule has 1 amide bonds. The van der Waals surface area contributed by atoms with Crippen molar-refractivity contribution in [3.05, 3.63) is 52.1 Å². The van der Waals surface area contributed by atoms with E-state index >= 15 is 0 Å². The van der Waals surface area contributed by atoms with Crippen molar-refractivity contribution >= 4 is 44.9 Å². The molecule has 1 aliphatic rings. The molecular formula is C21H23ClN4OS. The average Bonchev–Trinajstić information content (AvgIpc) is 3.16. The van der Waals surface area contributed by atoms with Gasteiger partial charge in [-0.1, -0.05) is 30.7 Å². The second-order valence-electron chi connectivity index (χ2n) is 7.09. The fraction of sp³-hybridized carbons (Fsp3) is 0.381. The lowest BCUT2D eigenvalue weighted by atomic mass is 9.95. The molecule has 0 radical (unpaired) electrons. The van der Waals surface area contributed by atoms with E-state index in [-0.39, 0.29) is 11.8 Å². The molecule has 1 N–H and O–H groups in total. The Bertz CT molecular complexity index is 981. The van der Waals surface area contributed by atoms with Gasteiger partial charge in [-0.15, -0.1) is 11.3 Å². The van der Waals surface area contributed by atoms with Gasteiger partial charge >= 0.3 is 0 Å². The number of nitrogens with one attached hydrogen (secondary N) is 1. The molecule has 1 aromatic carbocycles. The summed E-state index contributed by atoms with van der Waals surface area (Å²) in [5.74, 6) is 1.16. The van der Waals surface area contributed by atoms with E-state index in [1.807, 2.05) is 24.3 Å². The minimum absolute atomic E-state index is 0.0430. The zero-order valence-corrected chi connectivity index (χ0v) is 17.4. The molecule has 0 aliphatic carbocycles. The van der Waals surface area contributed by atoms with Crippen molar-refractivity contribution in [1.82, 2.24) is 15.3 Å². The Morgan fingerprint density at radius 2 is 2.11 bits per heavy atom. The first-order valence-electron chi connectivity index (χ1n) is 9.64. The number of anilines is 1. The molecule has 1 saturated heterocycles. The van der Waals surface area contributed by atoms with Crippen molar-refractivity contribution in [2.75, 3.05) is 18.0 Å². The van der Waals surface area contributed by atoms with Gasteiger partial charge in [0.25, 0.3) is 0 Å². The van der Waals surface area contributed by atoms with E-state index in [2.05, 4.69) is 33.2 Å². The number of aryl methyl sites for hydroxylation is 1. The van der Waals surface area contributed by atoms with Crippen LogP contribution in [0.3, 0.4) is 0 Å². The minimum atomic E-state index is 0.0430. The highest BCUT2D eigenvalue weighted by molar-refractivity contribution is 7.18. The van der Waals surface area contributed by atoms with Crippen LogP contribution in [0.25, 0.3) is 10.2 Å². The van der Waals surface area contributed by atoms with Crippen LogP contribution >= 0.6 is 22.9 Å². The number of hydrogen-bond acceptors (Lipinski definition) is 5. The van der Waals surface area contributed by atoms with Crippen LogP contribution in [0.5, 0.6) is 0 Å². The van der Waals surface area contributed by atoms with Crippen LogP contribution in [0, 0.1) is 5.92 Å². The van der Waals surface area contributed by atoms with Gasteiger partial charge < -0.3 is 10.2 Å². The first kappa shape index (κ1) is 19.2.